The monoisotopic (exact) mass is 565 g/mol. The number of hydrogen-bond donors (Lipinski definition) is 1. The molecular weight excluding hydrogens is 552 g/mol. The maximum Gasteiger partial charge on any atom is 0.257 e. The molecule has 0 bridgehead atoms. The smallest absolute Gasteiger partial charge is 0.257 e. The topological polar surface area (TPSA) is 63.2 Å². The van der Waals surface area contributed by atoms with Crippen LogP contribution in [0.2, 0.25) is 0 Å². The lowest BCUT2D eigenvalue weighted by molar-refractivity contribution is -0.114. The van der Waals surface area contributed by atoms with Gasteiger partial charge in [0.1, 0.15) is 0 Å². The van der Waals surface area contributed by atoms with Gasteiger partial charge in [0.15, 0.2) is 0 Å². The molecule has 2 aromatic rings. The molecule has 0 fully saturated rings. The van der Waals surface area contributed by atoms with E-state index in [1.165, 1.54) is 12.2 Å². The minimum atomic E-state index is -3.83. The average molecular weight is 565 g/mol. The summed E-state index contributed by atoms with van der Waals surface area (Å²) in [5, 5.41) is 0.978. The van der Waals surface area contributed by atoms with Crippen LogP contribution in [0.1, 0.15) is 11.1 Å². The normalized spacial score (nSPS) is 11.9. The van der Waals surface area contributed by atoms with Crippen LogP contribution in [0.15, 0.2) is 60.0 Å². The van der Waals surface area contributed by atoms with Gasteiger partial charge < -0.3 is 0 Å². The molecule has 2 aromatic carbocycles. The first-order valence-corrected chi connectivity index (χ1v) is 10.5. The van der Waals surface area contributed by atoms with Crippen LogP contribution < -0.4 is 4.72 Å². The van der Waals surface area contributed by atoms with E-state index in [0.29, 0.717) is 0 Å². The minimum absolute atomic E-state index is 0.694. The highest BCUT2D eigenvalue weighted by Crippen LogP contribution is 2.09. The standard InChI is InChI=1S/C17H13I2NO3S/c18-15-6-1-13(2-7-15)5-10-17(21)20-24(22,23)12-11-14-3-8-16(19)9-4-14/h1-12H,(H,20,21)/b10-5+,12-11-. The first-order chi connectivity index (χ1) is 11.3. The van der Waals surface area contributed by atoms with Crippen molar-refractivity contribution in [2.75, 3.05) is 0 Å². The van der Waals surface area contributed by atoms with Crippen molar-refractivity contribution in [2.45, 2.75) is 0 Å². The molecular formula is C17H13I2NO3S. The summed E-state index contributed by atoms with van der Waals surface area (Å²) in [6.07, 6.45) is 4.19. The first-order valence-electron chi connectivity index (χ1n) is 6.78. The number of carbonyl (C=O) groups is 1. The van der Waals surface area contributed by atoms with Gasteiger partial charge in [0.2, 0.25) is 0 Å². The summed E-state index contributed by atoms with van der Waals surface area (Å²) in [7, 11) is -3.83. The zero-order valence-electron chi connectivity index (χ0n) is 12.3. The largest absolute Gasteiger partial charge is 0.269 e. The zero-order chi connectivity index (χ0) is 17.6. The van der Waals surface area contributed by atoms with E-state index in [0.717, 1.165) is 23.7 Å². The maximum atomic E-state index is 11.9. The van der Waals surface area contributed by atoms with Crippen molar-refractivity contribution in [2.24, 2.45) is 0 Å². The van der Waals surface area contributed by atoms with E-state index < -0.39 is 15.9 Å². The molecule has 7 heteroatoms. The summed E-state index contributed by atoms with van der Waals surface area (Å²) < 4.78 is 27.9. The summed E-state index contributed by atoms with van der Waals surface area (Å²) in [5.74, 6) is -0.694. The van der Waals surface area contributed by atoms with Crippen LogP contribution in [0.5, 0.6) is 0 Å². The van der Waals surface area contributed by atoms with Crippen molar-refractivity contribution >= 4 is 73.3 Å². The van der Waals surface area contributed by atoms with Crippen molar-refractivity contribution in [3.05, 3.63) is 78.3 Å². The molecule has 0 heterocycles. The van der Waals surface area contributed by atoms with Crippen molar-refractivity contribution in [3.63, 3.8) is 0 Å². The van der Waals surface area contributed by atoms with E-state index in [9.17, 15) is 13.2 Å². The van der Waals surface area contributed by atoms with Gasteiger partial charge in [0, 0.05) is 13.2 Å². The van der Waals surface area contributed by atoms with Gasteiger partial charge >= 0.3 is 0 Å². The van der Waals surface area contributed by atoms with Crippen LogP contribution in [0.3, 0.4) is 0 Å². The van der Waals surface area contributed by atoms with Crippen molar-refractivity contribution in [3.8, 4) is 0 Å². The third-order valence-electron chi connectivity index (χ3n) is 2.85. The highest BCUT2D eigenvalue weighted by molar-refractivity contribution is 14.1. The third-order valence-corrected chi connectivity index (χ3v) is 5.27. The van der Waals surface area contributed by atoms with Gasteiger partial charge in [-0.25, -0.2) is 13.1 Å². The second-order valence-electron chi connectivity index (χ2n) is 4.75. The van der Waals surface area contributed by atoms with Crippen LogP contribution in [-0.2, 0) is 14.8 Å². The van der Waals surface area contributed by atoms with E-state index in [2.05, 4.69) is 45.2 Å². The minimum Gasteiger partial charge on any atom is -0.269 e. The summed E-state index contributed by atoms with van der Waals surface area (Å²) >= 11 is 4.35. The van der Waals surface area contributed by atoms with Crippen LogP contribution in [0, 0.1) is 7.14 Å². The number of nitrogens with one attached hydrogen (secondary N) is 1. The summed E-state index contributed by atoms with van der Waals surface area (Å²) in [4.78, 5) is 11.7. The van der Waals surface area contributed by atoms with E-state index >= 15 is 0 Å². The zero-order valence-corrected chi connectivity index (χ0v) is 17.4. The van der Waals surface area contributed by atoms with Crippen molar-refractivity contribution in [1.82, 2.24) is 4.72 Å². The van der Waals surface area contributed by atoms with Gasteiger partial charge in [0.05, 0.1) is 5.41 Å². The Morgan fingerprint density at radius 3 is 1.79 bits per heavy atom. The van der Waals surface area contributed by atoms with E-state index in [-0.39, 0.29) is 0 Å². The molecule has 24 heavy (non-hydrogen) atoms. The molecule has 0 unspecified atom stereocenters. The molecule has 0 aliphatic carbocycles. The van der Waals surface area contributed by atoms with Gasteiger partial charge in [-0.1, -0.05) is 24.3 Å². The Morgan fingerprint density at radius 1 is 0.833 bits per heavy atom. The number of amides is 1. The van der Waals surface area contributed by atoms with Crippen LogP contribution in [0.25, 0.3) is 12.2 Å². The number of benzene rings is 2. The Balaban J connectivity index is 1.98. The Labute approximate surface area is 168 Å². The van der Waals surface area contributed by atoms with Gasteiger partial charge in [-0.05, 0) is 92.7 Å². The molecule has 2 rings (SSSR count). The van der Waals surface area contributed by atoms with Crippen molar-refractivity contribution < 1.29 is 13.2 Å². The fourth-order valence-electron chi connectivity index (χ4n) is 1.70. The SMILES string of the molecule is O=C(/C=C/c1ccc(I)cc1)NS(=O)(=O)/C=C\c1ccc(I)cc1. The molecule has 0 atom stereocenters. The van der Waals surface area contributed by atoms with E-state index in [1.807, 2.05) is 41.1 Å². The molecule has 4 nitrogen and oxygen atoms in total. The van der Waals surface area contributed by atoms with Gasteiger partial charge in [-0.2, -0.15) is 0 Å². The molecule has 0 aromatic heterocycles. The predicted molar refractivity (Wildman–Crippen MR) is 113 cm³/mol. The van der Waals surface area contributed by atoms with Gasteiger partial charge in [0.25, 0.3) is 15.9 Å². The Hall–Kier alpha value is -1.20. The number of hydrogen-bond acceptors (Lipinski definition) is 3. The van der Waals surface area contributed by atoms with E-state index in [4.69, 9.17) is 0 Å². The fraction of sp³-hybridized carbons (Fsp3) is 0. The molecule has 0 radical (unpaired) electrons. The maximum absolute atomic E-state index is 11.9. The third kappa shape index (κ3) is 6.73. The molecule has 124 valence electrons. The predicted octanol–water partition coefficient (Wildman–Crippen LogP) is 4.03. The number of halogens is 2. The lowest BCUT2D eigenvalue weighted by Crippen LogP contribution is -2.26. The average Bonchev–Trinajstić information content (AvgIpc) is 2.53. The van der Waals surface area contributed by atoms with Gasteiger partial charge in [-0.3, -0.25) is 4.79 Å². The number of sulfonamides is 1. The molecule has 1 amide bonds. The Kier molecular flexibility index (Phi) is 6.99. The summed E-state index contributed by atoms with van der Waals surface area (Å²) in [6, 6.07) is 14.8. The van der Waals surface area contributed by atoms with Crippen molar-refractivity contribution in [1.29, 1.82) is 0 Å². The van der Waals surface area contributed by atoms with Crippen LogP contribution >= 0.6 is 45.2 Å². The lowest BCUT2D eigenvalue weighted by atomic mass is 10.2. The molecule has 1 N–H and O–H groups in total. The second kappa shape index (κ2) is 8.77. The first kappa shape index (κ1) is 19.1. The Morgan fingerprint density at radius 2 is 1.29 bits per heavy atom. The number of rotatable bonds is 5. The number of carbonyl (C=O) groups excluding carboxylic acids is 1. The molecule has 0 spiro atoms. The molecule has 0 saturated carbocycles. The van der Waals surface area contributed by atoms with E-state index in [1.54, 1.807) is 18.2 Å². The summed E-state index contributed by atoms with van der Waals surface area (Å²) in [5.41, 5.74) is 1.56. The van der Waals surface area contributed by atoms with Crippen LogP contribution in [-0.4, -0.2) is 14.3 Å². The van der Waals surface area contributed by atoms with Gasteiger partial charge in [-0.15, -0.1) is 0 Å². The quantitative estimate of drug-likeness (QED) is 0.441. The summed E-state index contributed by atoms with van der Waals surface area (Å²) in [6.45, 7) is 0. The molecule has 0 aliphatic heterocycles. The molecule has 0 saturated heterocycles. The Bertz CT molecular complexity index is 871. The fourth-order valence-corrected chi connectivity index (χ4v) is 3.17. The lowest BCUT2D eigenvalue weighted by Gasteiger charge is -2.00. The highest BCUT2D eigenvalue weighted by Gasteiger charge is 2.08. The highest BCUT2D eigenvalue weighted by atomic mass is 127. The molecule has 0 aliphatic rings. The van der Waals surface area contributed by atoms with Crippen LogP contribution in [0.4, 0.5) is 0 Å². The second-order valence-corrected chi connectivity index (χ2v) is 8.81.